The van der Waals surface area contributed by atoms with E-state index in [0.29, 0.717) is 44.6 Å². The second-order valence-electron chi connectivity index (χ2n) is 8.05. The van der Waals surface area contributed by atoms with Gasteiger partial charge in [0.15, 0.2) is 10.7 Å². The Hall–Kier alpha value is -3.78. The van der Waals surface area contributed by atoms with Crippen molar-refractivity contribution in [2.45, 2.75) is 25.5 Å². The molecule has 162 valence electrons. The van der Waals surface area contributed by atoms with Crippen LogP contribution in [0.4, 0.5) is 5.69 Å². The maximum absolute atomic E-state index is 13.0. The second kappa shape index (κ2) is 7.13. The fourth-order valence-electron chi connectivity index (χ4n) is 4.21. The third-order valence-corrected chi connectivity index (χ3v) is 5.67. The summed E-state index contributed by atoms with van der Waals surface area (Å²) in [5.41, 5.74) is 1.55. The fraction of sp³-hybridized carbons (Fsp3) is 0.167. The maximum Gasteiger partial charge on any atom is 0.340 e. The Bertz CT molecular complexity index is 1240. The van der Waals surface area contributed by atoms with Crippen LogP contribution in [-0.2, 0) is 10.3 Å². The van der Waals surface area contributed by atoms with Crippen LogP contribution in [0.25, 0.3) is 0 Å². The summed E-state index contributed by atoms with van der Waals surface area (Å²) in [5.74, 6) is 0.202. The molecule has 0 atom stereocenters. The van der Waals surface area contributed by atoms with Crippen LogP contribution in [0, 0.1) is 0 Å². The molecule has 0 bridgehead atoms. The van der Waals surface area contributed by atoms with Gasteiger partial charge < -0.3 is 30.3 Å². The van der Waals surface area contributed by atoms with E-state index in [9.17, 15) is 15.0 Å². The number of hydrogen-bond donors (Lipinski definition) is 4. The number of rotatable bonds is 2. The summed E-state index contributed by atoms with van der Waals surface area (Å²) < 4.78 is 12.0. The van der Waals surface area contributed by atoms with Crippen LogP contribution >= 0.6 is 12.2 Å². The van der Waals surface area contributed by atoms with Crippen molar-refractivity contribution in [2.75, 3.05) is 5.32 Å². The first-order valence-corrected chi connectivity index (χ1v) is 10.5. The van der Waals surface area contributed by atoms with Crippen molar-refractivity contribution >= 4 is 29.0 Å². The molecule has 2 heterocycles. The smallest absolute Gasteiger partial charge is 0.340 e. The number of aromatic hydroxyl groups is 2. The number of fused-ring (bicyclic) bond motifs is 6. The molecule has 0 saturated heterocycles. The number of benzene rings is 3. The minimum absolute atomic E-state index is 0.00701. The lowest BCUT2D eigenvalue weighted by atomic mass is 9.77. The van der Waals surface area contributed by atoms with E-state index in [2.05, 4.69) is 10.6 Å². The molecule has 5 rings (SSSR count). The Morgan fingerprint density at radius 2 is 1.56 bits per heavy atom. The normalized spacial score (nSPS) is 14.8. The molecule has 0 unspecified atom stereocenters. The lowest BCUT2D eigenvalue weighted by molar-refractivity contribution is 0.0224. The van der Waals surface area contributed by atoms with Crippen molar-refractivity contribution in [3.63, 3.8) is 0 Å². The van der Waals surface area contributed by atoms with Crippen LogP contribution in [0.15, 0.2) is 54.6 Å². The van der Waals surface area contributed by atoms with Gasteiger partial charge in [0.1, 0.15) is 23.0 Å². The highest BCUT2D eigenvalue weighted by molar-refractivity contribution is 7.80. The lowest BCUT2D eigenvalue weighted by Gasteiger charge is -2.36. The third kappa shape index (κ3) is 3.03. The van der Waals surface area contributed by atoms with Gasteiger partial charge in [0.25, 0.3) is 0 Å². The van der Waals surface area contributed by atoms with Crippen molar-refractivity contribution < 1.29 is 24.5 Å². The number of thiocarbonyl (C=S) groups is 1. The predicted molar refractivity (Wildman–Crippen MR) is 123 cm³/mol. The quantitative estimate of drug-likeness (QED) is 0.339. The zero-order valence-corrected chi connectivity index (χ0v) is 18.1. The molecule has 32 heavy (non-hydrogen) atoms. The van der Waals surface area contributed by atoms with Crippen molar-refractivity contribution in [1.82, 2.24) is 5.32 Å². The van der Waals surface area contributed by atoms with Gasteiger partial charge in [-0.2, -0.15) is 0 Å². The summed E-state index contributed by atoms with van der Waals surface area (Å²) in [5, 5.41) is 26.8. The van der Waals surface area contributed by atoms with Gasteiger partial charge in [0, 0.05) is 40.6 Å². The molecule has 7 nitrogen and oxygen atoms in total. The number of phenolic OH excluding ortho intramolecular Hbond substituents is 2. The molecular formula is C24H20N2O5S. The van der Waals surface area contributed by atoms with Crippen LogP contribution in [0.3, 0.4) is 0 Å². The first-order valence-electron chi connectivity index (χ1n) is 10.1. The van der Waals surface area contributed by atoms with E-state index in [1.165, 1.54) is 24.3 Å². The molecule has 0 saturated carbocycles. The molecule has 0 aliphatic carbocycles. The monoisotopic (exact) mass is 448 g/mol. The van der Waals surface area contributed by atoms with Crippen molar-refractivity contribution in [3.8, 4) is 23.0 Å². The number of phenols is 2. The summed E-state index contributed by atoms with van der Waals surface area (Å²) in [6.07, 6.45) is 0. The number of nitrogens with one attached hydrogen (secondary N) is 2. The first-order chi connectivity index (χ1) is 15.3. The molecule has 8 heteroatoms. The van der Waals surface area contributed by atoms with Gasteiger partial charge in [-0.25, -0.2) is 4.79 Å². The molecule has 2 aliphatic rings. The third-order valence-electron chi connectivity index (χ3n) is 5.45. The Balaban J connectivity index is 1.72. The van der Waals surface area contributed by atoms with E-state index in [4.69, 9.17) is 21.7 Å². The SMILES string of the molecule is CC(C)NC(=S)Nc1ccc2c(c1)C1(OC2=O)c2ccc(O)cc2Oc2cc(O)ccc21. The molecule has 0 amide bonds. The highest BCUT2D eigenvalue weighted by Crippen LogP contribution is 2.57. The molecule has 3 aromatic carbocycles. The lowest BCUT2D eigenvalue weighted by Crippen LogP contribution is -2.34. The van der Waals surface area contributed by atoms with Gasteiger partial charge in [0.05, 0.1) is 5.56 Å². The van der Waals surface area contributed by atoms with Crippen LogP contribution in [-0.4, -0.2) is 27.3 Å². The van der Waals surface area contributed by atoms with E-state index in [1.807, 2.05) is 19.9 Å². The van der Waals surface area contributed by atoms with Gasteiger partial charge >= 0.3 is 5.97 Å². The fourth-order valence-corrected chi connectivity index (χ4v) is 4.56. The number of anilines is 1. The summed E-state index contributed by atoms with van der Waals surface area (Å²) >= 11 is 5.37. The average Bonchev–Trinajstić information content (AvgIpc) is 2.99. The second-order valence-corrected chi connectivity index (χ2v) is 8.46. The zero-order chi connectivity index (χ0) is 22.6. The largest absolute Gasteiger partial charge is 0.508 e. The van der Waals surface area contributed by atoms with Crippen LogP contribution in [0.2, 0.25) is 0 Å². The Labute approximate surface area is 189 Å². The van der Waals surface area contributed by atoms with Gasteiger partial charge in [-0.1, -0.05) is 0 Å². The van der Waals surface area contributed by atoms with Gasteiger partial charge in [-0.15, -0.1) is 0 Å². The molecule has 4 N–H and O–H groups in total. The number of esters is 1. The summed E-state index contributed by atoms with van der Waals surface area (Å²) in [4.78, 5) is 13.0. The van der Waals surface area contributed by atoms with Crippen molar-refractivity contribution in [2.24, 2.45) is 0 Å². The van der Waals surface area contributed by atoms with E-state index in [1.54, 1.807) is 24.3 Å². The van der Waals surface area contributed by atoms with Crippen LogP contribution in [0.1, 0.15) is 40.9 Å². The molecule has 3 aromatic rings. The van der Waals surface area contributed by atoms with Crippen molar-refractivity contribution in [3.05, 3.63) is 76.9 Å². The summed E-state index contributed by atoms with van der Waals surface area (Å²) in [7, 11) is 0. The first kappa shape index (κ1) is 20.1. The Morgan fingerprint density at radius 3 is 2.16 bits per heavy atom. The number of carbonyl (C=O) groups is 1. The molecule has 1 spiro atoms. The molecule has 0 fully saturated rings. The van der Waals surface area contributed by atoms with Gasteiger partial charge in [0.2, 0.25) is 0 Å². The van der Waals surface area contributed by atoms with E-state index in [-0.39, 0.29) is 17.5 Å². The van der Waals surface area contributed by atoms with E-state index >= 15 is 0 Å². The standard InChI is InChI=1S/C24H20N2O5S/c1-12(2)25-23(32)26-13-3-6-16-19(9-13)24(31-22(16)29)17-7-4-14(27)10-20(17)30-21-11-15(28)5-8-18(21)24/h3-12,27-28H,1-2H3,(H2,25,26,32). The van der Waals surface area contributed by atoms with E-state index in [0.717, 1.165) is 0 Å². The topological polar surface area (TPSA) is 100 Å². The van der Waals surface area contributed by atoms with Crippen molar-refractivity contribution in [1.29, 1.82) is 0 Å². The summed E-state index contributed by atoms with van der Waals surface area (Å²) in [6, 6.07) is 14.8. The number of hydrogen-bond acceptors (Lipinski definition) is 6. The van der Waals surface area contributed by atoms with E-state index < -0.39 is 11.6 Å². The highest BCUT2D eigenvalue weighted by atomic mass is 32.1. The molecular weight excluding hydrogens is 428 g/mol. The maximum atomic E-state index is 13.0. The zero-order valence-electron chi connectivity index (χ0n) is 17.3. The van der Waals surface area contributed by atoms with Crippen LogP contribution < -0.4 is 15.4 Å². The molecule has 0 radical (unpaired) electrons. The van der Waals surface area contributed by atoms with Gasteiger partial charge in [-0.05, 0) is 68.5 Å². The van der Waals surface area contributed by atoms with Gasteiger partial charge in [-0.3, -0.25) is 0 Å². The minimum atomic E-state index is -1.30. The predicted octanol–water partition coefficient (Wildman–Crippen LogP) is 4.36. The Kier molecular flexibility index (Phi) is 4.49. The van der Waals surface area contributed by atoms with Crippen LogP contribution in [0.5, 0.6) is 23.0 Å². The number of carbonyl (C=O) groups excluding carboxylic acids is 1. The Morgan fingerprint density at radius 1 is 0.938 bits per heavy atom. The number of ether oxygens (including phenoxy) is 2. The molecule has 2 aliphatic heterocycles. The average molecular weight is 449 g/mol. The summed E-state index contributed by atoms with van der Waals surface area (Å²) in [6.45, 7) is 3.97. The molecule has 0 aromatic heterocycles. The minimum Gasteiger partial charge on any atom is -0.508 e. The highest BCUT2D eigenvalue weighted by Gasteiger charge is 2.53.